The van der Waals surface area contributed by atoms with Crippen LogP contribution < -0.4 is 10.4 Å². The summed E-state index contributed by atoms with van der Waals surface area (Å²) in [6.45, 7) is 14.6. The van der Waals surface area contributed by atoms with Crippen molar-refractivity contribution >= 4 is 49.1 Å². The Kier molecular flexibility index (Phi) is 4.31. The van der Waals surface area contributed by atoms with Crippen LogP contribution in [0.3, 0.4) is 0 Å². The molecule has 0 nitrogen and oxygen atoms in total. The Morgan fingerprint density at radius 1 is 0.500 bits per heavy atom. The van der Waals surface area contributed by atoms with Crippen LogP contribution >= 0.6 is 0 Å². The van der Waals surface area contributed by atoms with Crippen LogP contribution in [0.4, 0.5) is 0 Å². The van der Waals surface area contributed by atoms with E-state index in [1.165, 1.54) is 32.0 Å². The summed E-state index contributed by atoms with van der Waals surface area (Å²) in [5, 5.41) is 8.50. The van der Waals surface area contributed by atoms with Gasteiger partial charge in [-0.15, -0.1) is 0 Å². The molecule has 0 heterocycles. The SMILES string of the molecule is C[Si](C)(C)/C=c1/c(=C/[Si](C)(C)C)c2ccccc2c2ccccc12. The van der Waals surface area contributed by atoms with E-state index in [9.17, 15) is 0 Å². The Balaban J connectivity index is 2.70. The number of fused-ring (bicyclic) bond motifs is 3. The lowest BCUT2D eigenvalue weighted by atomic mass is 9.99. The molecule has 124 valence electrons. The van der Waals surface area contributed by atoms with Crippen molar-refractivity contribution in [2.24, 2.45) is 0 Å². The number of rotatable bonds is 2. The molecule has 2 heteroatoms. The van der Waals surface area contributed by atoms with Gasteiger partial charge in [0.25, 0.3) is 0 Å². The molecule has 0 spiro atoms. The molecule has 3 aromatic carbocycles. The van der Waals surface area contributed by atoms with Crippen molar-refractivity contribution in [3.63, 3.8) is 0 Å². The zero-order valence-corrected chi connectivity index (χ0v) is 17.8. The number of hydrogen-bond acceptors (Lipinski definition) is 0. The molecule has 3 aromatic rings. The molecule has 0 radical (unpaired) electrons. The predicted octanol–water partition coefficient (Wildman–Crippen LogP) is 5.31. The van der Waals surface area contributed by atoms with Gasteiger partial charge in [0, 0.05) is 0 Å². The molecule has 0 fully saturated rings. The van der Waals surface area contributed by atoms with Crippen LogP contribution in [0.5, 0.6) is 0 Å². The second-order valence-electron chi connectivity index (χ2n) is 8.94. The Labute approximate surface area is 147 Å². The summed E-state index contributed by atoms with van der Waals surface area (Å²) in [5.41, 5.74) is 5.18. The van der Waals surface area contributed by atoms with Crippen molar-refractivity contribution in [3.8, 4) is 0 Å². The van der Waals surface area contributed by atoms with Crippen molar-refractivity contribution in [2.45, 2.75) is 39.3 Å². The summed E-state index contributed by atoms with van der Waals surface area (Å²) in [5.74, 6) is 0. The summed E-state index contributed by atoms with van der Waals surface area (Å²) in [6, 6.07) is 17.8. The average Bonchev–Trinajstić information content (AvgIpc) is 2.48. The van der Waals surface area contributed by atoms with E-state index in [-0.39, 0.29) is 0 Å². The number of benzene rings is 3. The van der Waals surface area contributed by atoms with E-state index in [1.54, 1.807) is 0 Å². The maximum atomic E-state index is 2.59. The van der Waals surface area contributed by atoms with Gasteiger partial charge < -0.3 is 0 Å². The molecule has 0 aliphatic carbocycles. The second-order valence-corrected chi connectivity index (χ2v) is 19.0. The van der Waals surface area contributed by atoms with Gasteiger partial charge in [0.05, 0.1) is 16.1 Å². The second kappa shape index (κ2) is 6.01. The monoisotopic (exact) mass is 348 g/mol. The first-order chi connectivity index (χ1) is 11.2. The Hall–Kier alpha value is -1.65. The molecular formula is C22H28Si2. The van der Waals surface area contributed by atoms with Crippen LogP contribution in [0.1, 0.15) is 0 Å². The Morgan fingerprint density at radius 2 is 0.792 bits per heavy atom. The van der Waals surface area contributed by atoms with Crippen LogP contribution in [-0.4, -0.2) is 16.1 Å². The van der Waals surface area contributed by atoms with E-state index in [1.807, 2.05) is 0 Å². The fourth-order valence-corrected chi connectivity index (χ4v) is 5.73. The molecule has 0 N–H and O–H groups in total. The van der Waals surface area contributed by atoms with Crippen LogP contribution in [0.2, 0.25) is 39.3 Å². The van der Waals surface area contributed by atoms with Crippen LogP contribution in [0.25, 0.3) is 32.9 Å². The molecule has 0 amide bonds. The minimum Gasteiger partial charge on any atom is -0.0867 e. The molecular weight excluding hydrogens is 320 g/mol. The average molecular weight is 349 g/mol. The lowest BCUT2D eigenvalue weighted by molar-refractivity contribution is 1.62. The lowest BCUT2D eigenvalue weighted by Gasteiger charge is -2.15. The van der Waals surface area contributed by atoms with Crippen molar-refractivity contribution in [1.29, 1.82) is 0 Å². The van der Waals surface area contributed by atoms with Gasteiger partial charge in [0.1, 0.15) is 0 Å². The van der Waals surface area contributed by atoms with Gasteiger partial charge in [-0.3, -0.25) is 0 Å². The highest BCUT2D eigenvalue weighted by Gasteiger charge is 2.14. The molecule has 3 rings (SSSR count). The van der Waals surface area contributed by atoms with E-state index in [4.69, 9.17) is 0 Å². The third kappa shape index (κ3) is 3.55. The summed E-state index contributed by atoms with van der Waals surface area (Å²) in [4.78, 5) is 0. The molecule has 0 saturated carbocycles. The maximum Gasteiger partial charge on any atom is 0.0695 e. The summed E-state index contributed by atoms with van der Waals surface area (Å²) in [7, 11) is -2.68. The highest BCUT2D eigenvalue weighted by molar-refractivity contribution is 6.89. The highest BCUT2D eigenvalue weighted by Crippen LogP contribution is 2.21. The fraction of sp³-hybridized carbons (Fsp3) is 0.273. The van der Waals surface area contributed by atoms with Crippen LogP contribution in [-0.2, 0) is 0 Å². The third-order valence-electron chi connectivity index (χ3n) is 4.17. The predicted molar refractivity (Wildman–Crippen MR) is 116 cm³/mol. The quantitative estimate of drug-likeness (QED) is 0.435. The van der Waals surface area contributed by atoms with E-state index < -0.39 is 16.1 Å². The van der Waals surface area contributed by atoms with Crippen LogP contribution in [0, 0.1) is 0 Å². The van der Waals surface area contributed by atoms with Crippen molar-refractivity contribution < 1.29 is 0 Å². The molecule has 0 saturated heterocycles. The summed E-state index contributed by atoms with van der Waals surface area (Å²) in [6.07, 6.45) is 0. The summed E-state index contributed by atoms with van der Waals surface area (Å²) >= 11 is 0. The zero-order chi connectivity index (χ0) is 17.5. The van der Waals surface area contributed by atoms with E-state index >= 15 is 0 Å². The van der Waals surface area contributed by atoms with Crippen molar-refractivity contribution in [1.82, 2.24) is 0 Å². The molecule has 0 atom stereocenters. The third-order valence-corrected chi connectivity index (χ3v) is 6.48. The number of hydrogen-bond donors (Lipinski definition) is 0. The minimum absolute atomic E-state index is 1.34. The van der Waals surface area contributed by atoms with Gasteiger partial charge >= 0.3 is 0 Å². The molecule has 0 aliphatic heterocycles. The van der Waals surface area contributed by atoms with E-state index in [0.717, 1.165) is 0 Å². The molecule has 0 bridgehead atoms. The van der Waals surface area contributed by atoms with Gasteiger partial charge in [0.2, 0.25) is 0 Å². The van der Waals surface area contributed by atoms with Gasteiger partial charge in [-0.2, -0.15) is 0 Å². The largest absolute Gasteiger partial charge is 0.0867 e. The topological polar surface area (TPSA) is 0 Å². The van der Waals surface area contributed by atoms with Gasteiger partial charge in [-0.05, 0) is 32.0 Å². The van der Waals surface area contributed by atoms with E-state index in [2.05, 4.69) is 99.2 Å². The van der Waals surface area contributed by atoms with Gasteiger partial charge in [-0.1, -0.05) is 99.2 Å². The Morgan fingerprint density at radius 3 is 1.08 bits per heavy atom. The van der Waals surface area contributed by atoms with Gasteiger partial charge in [-0.25, -0.2) is 0 Å². The lowest BCUT2D eigenvalue weighted by Crippen LogP contribution is -2.35. The zero-order valence-electron chi connectivity index (χ0n) is 15.8. The molecule has 0 unspecified atom stereocenters. The Bertz CT molecular complexity index is 931. The standard InChI is InChI=1S/C22H28Si2/c1-23(2,3)15-21-19-13-9-7-11-17(19)18-12-8-10-14-20(18)22(21)16-24(4,5)6/h7-16H,1-6H3/b21-15+,22-16+. The van der Waals surface area contributed by atoms with Crippen molar-refractivity contribution in [2.75, 3.05) is 0 Å². The molecule has 0 aliphatic rings. The first-order valence-corrected chi connectivity index (χ1v) is 16.0. The molecule has 24 heavy (non-hydrogen) atoms. The molecule has 0 aromatic heterocycles. The van der Waals surface area contributed by atoms with Crippen LogP contribution in [0.15, 0.2) is 48.5 Å². The fourth-order valence-electron chi connectivity index (χ4n) is 3.37. The van der Waals surface area contributed by atoms with Crippen molar-refractivity contribution in [3.05, 3.63) is 59.0 Å². The smallest absolute Gasteiger partial charge is 0.0695 e. The van der Waals surface area contributed by atoms with E-state index in [0.29, 0.717) is 0 Å². The van der Waals surface area contributed by atoms with Gasteiger partial charge in [0.15, 0.2) is 0 Å². The summed E-state index contributed by atoms with van der Waals surface area (Å²) < 4.78 is 0. The maximum absolute atomic E-state index is 2.59. The first kappa shape index (κ1) is 17.2. The normalized spacial score (nSPS) is 14.8. The minimum atomic E-state index is -1.34. The highest BCUT2D eigenvalue weighted by atomic mass is 28.3. The first-order valence-electron chi connectivity index (χ1n) is 8.81.